The number of anilines is 2. The lowest BCUT2D eigenvalue weighted by molar-refractivity contribution is -0.140. The summed E-state index contributed by atoms with van der Waals surface area (Å²) < 4.78 is 4.57. The number of ether oxygens (including phenoxy) is 1. The lowest BCUT2D eigenvalue weighted by Gasteiger charge is -2.13. The average Bonchev–Trinajstić information content (AvgIpc) is 2.33. The van der Waals surface area contributed by atoms with Gasteiger partial charge in [-0.3, -0.25) is 4.79 Å². The van der Waals surface area contributed by atoms with Gasteiger partial charge in [0.15, 0.2) is 0 Å². The van der Waals surface area contributed by atoms with E-state index in [4.69, 9.17) is 5.73 Å². The summed E-state index contributed by atoms with van der Waals surface area (Å²) in [5.41, 5.74) is 6.63. The minimum absolute atomic E-state index is 0.203. The van der Waals surface area contributed by atoms with E-state index in [0.29, 0.717) is 24.0 Å². The first kappa shape index (κ1) is 14.2. The predicted octanol–water partition coefficient (Wildman–Crippen LogP) is 1.47. The first-order valence-corrected chi connectivity index (χ1v) is 5.90. The van der Waals surface area contributed by atoms with Crippen LogP contribution in [-0.4, -0.2) is 29.6 Å². The molecule has 0 fully saturated rings. The van der Waals surface area contributed by atoms with Crippen molar-refractivity contribution in [3.8, 4) is 0 Å². The number of hydrogen-bond donors (Lipinski definition) is 2. The predicted molar refractivity (Wildman–Crippen MR) is 70.4 cm³/mol. The molecule has 0 aliphatic heterocycles. The molecule has 0 saturated heterocycles. The minimum Gasteiger partial charge on any atom is -0.469 e. The van der Waals surface area contributed by atoms with Crippen molar-refractivity contribution in [1.29, 1.82) is 0 Å². The Balaban J connectivity index is 2.78. The molecule has 1 rings (SSSR count). The number of carbonyl (C=O) groups is 1. The zero-order valence-electron chi connectivity index (χ0n) is 11.3. The number of nitrogens with one attached hydrogen (secondary N) is 1. The van der Waals surface area contributed by atoms with E-state index in [2.05, 4.69) is 20.0 Å². The van der Waals surface area contributed by atoms with E-state index in [1.54, 1.807) is 0 Å². The summed E-state index contributed by atoms with van der Waals surface area (Å²) in [4.78, 5) is 19.6. The van der Waals surface area contributed by atoms with Gasteiger partial charge < -0.3 is 15.8 Å². The van der Waals surface area contributed by atoms with Gasteiger partial charge in [-0.25, -0.2) is 9.97 Å². The van der Waals surface area contributed by atoms with Crippen LogP contribution in [0, 0.1) is 6.92 Å². The van der Waals surface area contributed by atoms with Crippen LogP contribution in [0.1, 0.15) is 37.6 Å². The van der Waals surface area contributed by atoms with Crippen LogP contribution in [-0.2, 0) is 9.53 Å². The summed E-state index contributed by atoms with van der Waals surface area (Å²) in [6.07, 6.45) is 0.289. The van der Waals surface area contributed by atoms with Gasteiger partial charge in [0.25, 0.3) is 0 Å². The Bertz CT molecular complexity index is 432. The van der Waals surface area contributed by atoms with E-state index in [1.807, 2.05) is 20.8 Å². The fourth-order valence-electron chi connectivity index (χ4n) is 1.37. The van der Waals surface area contributed by atoms with E-state index >= 15 is 0 Å². The normalized spacial score (nSPS) is 10.5. The van der Waals surface area contributed by atoms with Crippen LogP contribution >= 0.6 is 0 Å². The molecule has 6 nitrogen and oxygen atoms in total. The quantitative estimate of drug-likeness (QED) is 0.771. The topological polar surface area (TPSA) is 90.1 Å². The molecule has 0 saturated carbocycles. The molecule has 3 N–H and O–H groups in total. The van der Waals surface area contributed by atoms with Crippen LogP contribution in [0.4, 0.5) is 11.6 Å². The molecule has 0 atom stereocenters. The maximum absolute atomic E-state index is 11.0. The average molecular weight is 252 g/mol. The van der Waals surface area contributed by atoms with Gasteiger partial charge in [0.05, 0.1) is 13.5 Å². The van der Waals surface area contributed by atoms with E-state index in [1.165, 1.54) is 7.11 Å². The van der Waals surface area contributed by atoms with Crippen LogP contribution in [0.15, 0.2) is 0 Å². The Kier molecular flexibility index (Phi) is 4.88. The Morgan fingerprint density at radius 2 is 2.11 bits per heavy atom. The minimum atomic E-state index is -0.258. The number of nitrogen functional groups attached to an aromatic ring is 1. The van der Waals surface area contributed by atoms with Crippen LogP contribution in [0.3, 0.4) is 0 Å². The number of nitrogens with two attached hydrogens (primary N) is 1. The summed E-state index contributed by atoms with van der Waals surface area (Å²) in [6, 6.07) is 0. The van der Waals surface area contributed by atoms with Crippen molar-refractivity contribution in [2.24, 2.45) is 0 Å². The van der Waals surface area contributed by atoms with Gasteiger partial charge in [0.2, 0.25) is 0 Å². The second-order valence-corrected chi connectivity index (χ2v) is 4.35. The van der Waals surface area contributed by atoms with Gasteiger partial charge in [0.1, 0.15) is 17.5 Å². The SMILES string of the molecule is COC(=O)CCNc1nc(C(C)C)nc(N)c1C. The third-order valence-corrected chi connectivity index (χ3v) is 2.57. The summed E-state index contributed by atoms with van der Waals surface area (Å²) in [5, 5.41) is 3.08. The van der Waals surface area contributed by atoms with Gasteiger partial charge >= 0.3 is 5.97 Å². The summed E-state index contributed by atoms with van der Waals surface area (Å²) in [7, 11) is 1.37. The van der Waals surface area contributed by atoms with Crippen molar-refractivity contribution in [3.05, 3.63) is 11.4 Å². The highest BCUT2D eigenvalue weighted by Gasteiger charge is 2.11. The van der Waals surface area contributed by atoms with Crippen molar-refractivity contribution in [3.63, 3.8) is 0 Å². The molecular weight excluding hydrogens is 232 g/mol. The lowest BCUT2D eigenvalue weighted by atomic mass is 10.2. The summed E-state index contributed by atoms with van der Waals surface area (Å²) >= 11 is 0. The van der Waals surface area contributed by atoms with E-state index < -0.39 is 0 Å². The maximum atomic E-state index is 11.0. The molecule has 0 amide bonds. The van der Waals surface area contributed by atoms with Gasteiger partial charge in [-0.05, 0) is 6.92 Å². The van der Waals surface area contributed by atoms with Crippen molar-refractivity contribution < 1.29 is 9.53 Å². The van der Waals surface area contributed by atoms with Crippen molar-refractivity contribution in [2.45, 2.75) is 33.1 Å². The first-order valence-electron chi connectivity index (χ1n) is 5.90. The van der Waals surface area contributed by atoms with Gasteiger partial charge in [-0.1, -0.05) is 13.8 Å². The van der Waals surface area contributed by atoms with E-state index in [0.717, 1.165) is 5.56 Å². The molecule has 100 valence electrons. The van der Waals surface area contributed by atoms with E-state index in [-0.39, 0.29) is 18.3 Å². The third-order valence-electron chi connectivity index (χ3n) is 2.57. The Labute approximate surface area is 107 Å². The fraction of sp³-hybridized carbons (Fsp3) is 0.583. The molecular formula is C12H20N4O2. The second-order valence-electron chi connectivity index (χ2n) is 4.35. The molecule has 6 heteroatoms. The van der Waals surface area contributed by atoms with Gasteiger partial charge in [0, 0.05) is 18.0 Å². The number of esters is 1. The molecule has 1 heterocycles. The number of methoxy groups -OCH3 is 1. The van der Waals surface area contributed by atoms with Crippen molar-refractivity contribution in [2.75, 3.05) is 24.7 Å². The van der Waals surface area contributed by atoms with Crippen molar-refractivity contribution in [1.82, 2.24) is 9.97 Å². The monoisotopic (exact) mass is 252 g/mol. The van der Waals surface area contributed by atoms with Crippen molar-refractivity contribution >= 4 is 17.6 Å². The third kappa shape index (κ3) is 3.58. The number of rotatable bonds is 5. The Morgan fingerprint density at radius 3 is 2.67 bits per heavy atom. The van der Waals surface area contributed by atoms with Gasteiger partial charge in [-0.2, -0.15) is 0 Å². The zero-order chi connectivity index (χ0) is 13.7. The van der Waals surface area contributed by atoms with Crippen LogP contribution in [0.25, 0.3) is 0 Å². The molecule has 0 aromatic carbocycles. The molecule has 1 aromatic heterocycles. The summed E-state index contributed by atoms with van der Waals surface area (Å²) in [5.74, 6) is 1.78. The largest absolute Gasteiger partial charge is 0.469 e. The molecule has 0 bridgehead atoms. The maximum Gasteiger partial charge on any atom is 0.307 e. The zero-order valence-corrected chi connectivity index (χ0v) is 11.3. The van der Waals surface area contributed by atoms with Crippen LogP contribution in [0.2, 0.25) is 0 Å². The molecule has 0 unspecified atom stereocenters. The number of carbonyl (C=O) groups excluding carboxylic acids is 1. The molecule has 0 aliphatic rings. The number of nitrogens with zero attached hydrogens (tertiary/aromatic N) is 2. The first-order chi connectivity index (χ1) is 8.45. The fourth-order valence-corrected chi connectivity index (χ4v) is 1.37. The molecule has 0 aliphatic carbocycles. The van der Waals surface area contributed by atoms with E-state index in [9.17, 15) is 4.79 Å². The highest BCUT2D eigenvalue weighted by Crippen LogP contribution is 2.20. The van der Waals surface area contributed by atoms with Crippen LogP contribution in [0.5, 0.6) is 0 Å². The molecule has 0 radical (unpaired) electrons. The Hall–Kier alpha value is -1.85. The Morgan fingerprint density at radius 1 is 1.44 bits per heavy atom. The lowest BCUT2D eigenvalue weighted by Crippen LogP contribution is -2.14. The van der Waals surface area contributed by atoms with Crippen LogP contribution < -0.4 is 11.1 Å². The van der Waals surface area contributed by atoms with Gasteiger partial charge in [-0.15, -0.1) is 0 Å². The molecule has 18 heavy (non-hydrogen) atoms. The summed E-state index contributed by atoms with van der Waals surface area (Å²) in [6.45, 7) is 6.31. The molecule has 0 spiro atoms. The standard InChI is InChI=1S/C12H20N4O2/c1-7(2)11-15-10(13)8(3)12(16-11)14-6-5-9(17)18-4/h7H,5-6H2,1-4H3,(H3,13,14,15,16). The smallest absolute Gasteiger partial charge is 0.307 e. The number of hydrogen-bond acceptors (Lipinski definition) is 6. The highest BCUT2D eigenvalue weighted by molar-refractivity contribution is 5.70. The number of aromatic nitrogens is 2. The highest BCUT2D eigenvalue weighted by atomic mass is 16.5. The second kappa shape index (κ2) is 6.18. The molecule has 1 aromatic rings.